The normalized spacial score (nSPS) is 10.1. The molecule has 0 fully saturated rings. The van der Waals surface area contributed by atoms with E-state index in [1.807, 2.05) is 30.3 Å². The number of hydrogen-bond acceptors (Lipinski definition) is 1. The van der Waals surface area contributed by atoms with Gasteiger partial charge in [-0.05, 0) is 54.3 Å². The maximum atomic E-state index is 5.60. The lowest BCUT2D eigenvalue weighted by atomic mass is 10.0. The lowest BCUT2D eigenvalue weighted by Gasteiger charge is -2.01. The molecule has 0 aliphatic carbocycles. The summed E-state index contributed by atoms with van der Waals surface area (Å²) in [6.45, 7) is 2.81. The zero-order valence-electron chi connectivity index (χ0n) is 13.4. The van der Waals surface area contributed by atoms with Gasteiger partial charge in [-0.25, -0.2) is 0 Å². The van der Waals surface area contributed by atoms with E-state index in [9.17, 15) is 0 Å². The summed E-state index contributed by atoms with van der Waals surface area (Å²) < 4.78 is 0. The van der Waals surface area contributed by atoms with Gasteiger partial charge in [0, 0.05) is 17.7 Å². The van der Waals surface area contributed by atoms with E-state index in [0.717, 1.165) is 23.1 Å². The first-order valence-electron chi connectivity index (χ1n) is 8.13. The Morgan fingerprint density at radius 3 is 2.41 bits per heavy atom. The highest BCUT2D eigenvalue weighted by Crippen LogP contribution is 2.10. The molecule has 2 N–H and O–H groups in total. The number of hydrogen-bond donors (Lipinski definition) is 1. The predicted molar refractivity (Wildman–Crippen MR) is 93.4 cm³/mol. The molecule has 113 valence electrons. The van der Waals surface area contributed by atoms with Crippen LogP contribution in [0.4, 0.5) is 0 Å². The zero-order chi connectivity index (χ0) is 15.6. The molecule has 0 unspecified atom stereocenters. The van der Waals surface area contributed by atoms with Crippen LogP contribution in [0.2, 0.25) is 0 Å². The van der Waals surface area contributed by atoms with Crippen LogP contribution in [0.1, 0.15) is 54.9 Å². The van der Waals surface area contributed by atoms with Crippen molar-refractivity contribution < 1.29 is 0 Å². The van der Waals surface area contributed by atoms with Crippen molar-refractivity contribution in [2.24, 2.45) is 5.73 Å². The largest absolute Gasteiger partial charge is 0.326 e. The van der Waals surface area contributed by atoms with Crippen LogP contribution < -0.4 is 5.73 Å². The monoisotopic (exact) mass is 290 g/mol. The topological polar surface area (TPSA) is 26.0 Å². The fourth-order valence-electron chi connectivity index (χ4n) is 2.36. The third-order valence-corrected chi connectivity index (χ3v) is 3.71. The lowest BCUT2D eigenvalue weighted by Crippen LogP contribution is -1.95. The molecule has 1 radical (unpaired) electrons. The predicted octanol–water partition coefficient (Wildman–Crippen LogP) is 4.47. The van der Waals surface area contributed by atoms with Crippen molar-refractivity contribution >= 4 is 0 Å². The van der Waals surface area contributed by atoms with Crippen molar-refractivity contribution in [3.8, 4) is 11.8 Å². The highest BCUT2D eigenvalue weighted by Gasteiger charge is 1.95. The van der Waals surface area contributed by atoms with E-state index >= 15 is 0 Å². The Morgan fingerprint density at radius 1 is 0.909 bits per heavy atom. The summed E-state index contributed by atoms with van der Waals surface area (Å²) in [4.78, 5) is 0. The third-order valence-electron chi connectivity index (χ3n) is 3.71. The SMILES string of the molecule is CCCCCCc1c[c]cc(C#Cc2ccc(CN)cc2)c1. The van der Waals surface area contributed by atoms with E-state index in [2.05, 4.69) is 37.0 Å². The van der Waals surface area contributed by atoms with Crippen LogP contribution in [0.25, 0.3) is 0 Å². The van der Waals surface area contributed by atoms with E-state index < -0.39 is 0 Å². The minimum atomic E-state index is 0.572. The van der Waals surface area contributed by atoms with Gasteiger partial charge >= 0.3 is 0 Å². The van der Waals surface area contributed by atoms with Gasteiger partial charge in [-0.1, -0.05) is 56.2 Å². The Kier molecular flexibility index (Phi) is 6.74. The van der Waals surface area contributed by atoms with Gasteiger partial charge in [-0.3, -0.25) is 0 Å². The number of aryl methyl sites for hydroxylation is 1. The summed E-state index contributed by atoms with van der Waals surface area (Å²) in [6, 6.07) is 17.5. The first kappa shape index (κ1) is 16.3. The second kappa shape index (κ2) is 9.07. The summed E-state index contributed by atoms with van der Waals surface area (Å²) in [6.07, 6.45) is 6.28. The Bertz CT molecular complexity index is 629. The van der Waals surface area contributed by atoms with Crippen LogP contribution in [0, 0.1) is 17.9 Å². The van der Waals surface area contributed by atoms with Gasteiger partial charge in [0.15, 0.2) is 0 Å². The second-order valence-corrected chi connectivity index (χ2v) is 5.59. The summed E-state index contributed by atoms with van der Waals surface area (Å²) in [5, 5.41) is 0. The Morgan fingerprint density at radius 2 is 1.68 bits per heavy atom. The summed E-state index contributed by atoms with van der Waals surface area (Å²) >= 11 is 0. The fraction of sp³-hybridized carbons (Fsp3) is 0.333. The molecule has 0 aromatic heterocycles. The first-order valence-corrected chi connectivity index (χ1v) is 8.13. The van der Waals surface area contributed by atoms with Gasteiger partial charge in [0.1, 0.15) is 0 Å². The van der Waals surface area contributed by atoms with Crippen molar-refractivity contribution in [3.05, 3.63) is 70.8 Å². The molecule has 0 atom stereocenters. The van der Waals surface area contributed by atoms with Crippen LogP contribution in [0.5, 0.6) is 0 Å². The zero-order valence-corrected chi connectivity index (χ0v) is 13.4. The van der Waals surface area contributed by atoms with E-state index in [4.69, 9.17) is 5.73 Å². The smallest absolute Gasteiger partial charge is 0.0257 e. The van der Waals surface area contributed by atoms with Crippen molar-refractivity contribution in [2.75, 3.05) is 0 Å². The maximum Gasteiger partial charge on any atom is 0.0257 e. The molecule has 1 heteroatoms. The van der Waals surface area contributed by atoms with Gasteiger partial charge in [0.2, 0.25) is 0 Å². The summed E-state index contributed by atoms with van der Waals surface area (Å²) in [7, 11) is 0. The molecule has 0 saturated carbocycles. The molecular formula is C21H24N. The quantitative estimate of drug-likeness (QED) is 0.616. The Hall–Kier alpha value is -2.04. The molecule has 2 aromatic carbocycles. The van der Waals surface area contributed by atoms with Crippen LogP contribution in [0.3, 0.4) is 0 Å². The number of nitrogens with two attached hydrogens (primary N) is 1. The highest BCUT2D eigenvalue weighted by molar-refractivity contribution is 5.44. The van der Waals surface area contributed by atoms with E-state index in [0.29, 0.717) is 6.54 Å². The molecule has 0 aliphatic rings. The van der Waals surface area contributed by atoms with E-state index in [-0.39, 0.29) is 0 Å². The van der Waals surface area contributed by atoms with Crippen molar-refractivity contribution in [3.63, 3.8) is 0 Å². The molecule has 0 heterocycles. The standard InChI is InChI=1S/C21H24N/c1-2-3-4-5-7-19-8-6-9-20(16-19)13-10-18-11-14-21(17-22)15-12-18/h8-9,11-12,14-16H,2-5,7,17,22H2,1H3. The van der Waals surface area contributed by atoms with Gasteiger partial charge in [0.25, 0.3) is 0 Å². The molecule has 0 amide bonds. The van der Waals surface area contributed by atoms with Gasteiger partial charge in [0.05, 0.1) is 0 Å². The van der Waals surface area contributed by atoms with Crippen LogP contribution in [-0.2, 0) is 13.0 Å². The number of rotatable bonds is 6. The third kappa shape index (κ3) is 5.39. The molecule has 22 heavy (non-hydrogen) atoms. The average Bonchev–Trinajstić information content (AvgIpc) is 2.58. The van der Waals surface area contributed by atoms with Crippen molar-refractivity contribution in [2.45, 2.75) is 45.6 Å². The minimum Gasteiger partial charge on any atom is -0.326 e. The first-order chi connectivity index (χ1) is 10.8. The maximum absolute atomic E-state index is 5.60. The van der Waals surface area contributed by atoms with E-state index in [1.165, 1.54) is 31.2 Å². The van der Waals surface area contributed by atoms with Gasteiger partial charge in [-0.2, -0.15) is 0 Å². The van der Waals surface area contributed by atoms with Crippen molar-refractivity contribution in [1.29, 1.82) is 0 Å². The highest BCUT2D eigenvalue weighted by atomic mass is 14.5. The Labute approximate surface area is 134 Å². The average molecular weight is 290 g/mol. The molecular weight excluding hydrogens is 266 g/mol. The minimum absolute atomic E-state index is 0.572. The second-order valence-electron chi connectivity index (χ2n) is 5.59. The molecule has 0 aliphatic heterocycles. The molecule has 2 aromatic rings. The molecule has 1 nitrogen and oxygen atoms in total. The summed E-state index contributed by atoms with van der Waals surface area (Å²) in [5.41, 5.74) is 10.1. The summed E-state index contributed by atoms with van der Waals surface area (Å²) in [5.74, 6) is 6.43. The van der Waals surface area contributed by atoms with Gasteiger partial charge < -0.3 is 5.73 Å². The van der Waals surface area contributed by atoms with Crippen LogP contribution >= 0.6 is 0 Å². The molecule has 2 rings (SSSR count). The Balaban J connectivity index is 1.99. The van der Waals surface area contributed by atoms with Gasteiger partial charge in [-0.15, -0.1) is 0 Å². The van der Waals surface area contributed by atoms with Crippen LogP contribution in [-0.4, -0.2) is 0 Å². The van der Waals surface area contributed by atoms with E-state index in [1.54, 1.807) is 0 Å². The molecule has 0 spiro atoms. The fourth-order valence-corrected chi connectivity index (χ4v) is 2.36. The number of unbranched alkanes of at least 4 members (excludes halogenated alkanes) is 3. The van der Waals surface area contributed by atoms with Crippen molar-refractivity contribution in [1.82, 2.24) is 0 Å². The van der Waals surface area contributed by atoms with Crippen LogP contribution in [0.15, 0.2) is 42.5 Å². The number of benzene rings is 2. The molecule has 0 saturated heterocycles. The lowest BCUT2D eigenvalue weighted by molar-refractivity contribution is 0.667. The molecule has 0 bridgehead atoms.